The van der Waals surface area contributed by atoms with Gasteiger partial charge in [-0.1, -0.05) is 23.4 Å². The average Bonchev–Trinajstić information content (AvgIpc) is 3.16. The fourth-order valence-electron chi connectivity index (χ4n) is 2.04. The van der Waals surface area contributed by atoms with Gasteiger partial charge in [-0.3, -0.25) is 4.79 Å². The lowest BCUT2D eigenvalue weighted by molar-refractivity contribution is -0.131. The van der Waals surface area contributed by atoms with Crippen molar-refractivity contribution in [1.82, 2.24) is 10.2 Å². The maximum atomic E-state index is 11.9. The van der Waals surface area contributed by atoms with E-state index in [2.05, 4.69) is 14.9 Å². The van der Waals surface area contributed by atoms with Gasteiger partial charge in [0.2, 0.25) is 5.89 Å². The molecule has 0 radical (unpaired) electrons. The van der Waals surface area contributed by atoms with Gasteiger partial charge in [0.05, 0.1) is 12.7 Å². The first-order valence-electron chi connectivity index (χ1n) is 7.66. The van der Waals surface area contributed by atoms with Gasteiger partial charge in [0.25, 0.3) is 5.22 Å². The van der Waals surface area contributed by atoms with E-state index in [0.29, 0.717) is 22.2 Å². The van der Waals surface area contributed by atoms with Crippen molar-refractivity contribution < 1.29 is 23.5 Å². The number of rotatable bonds is 6. The third kappa shape index (κ3) is 5.08. The van der Waals surface area contributed by atoms with E-state index in [1.165, 1.54) is 31.4 Å². The molecule has 0 spiro atoms. The predicted octanol–water partition coefficient (Wildman–Crippen LogP) is 3.87. The molecule has 0 saturated carbocycles. The molecule has 0 saturated heterocycles. The zero-order chi connectivity index (χ0) is 19.2. The van der Waals surface area contributed by atoms with E-state index in [1.807, 2.05) is 0 Å². The number of aromatic nitrogens is 2. The van der Waals surface area contributed by atoms with Crippen molar-refractivity contribution in [2.45, 2.75) is 5.22 Å². The highest BCUT2D eigenvalue weighted by atomic mass is 35.5. The van der Waals surface area contributed by atoms with E-state index in [9.17, 15) is 9.59 Å². The number of carbonyl (C=O) groups excluding carboxylic acids is 2. The molecule has 138 valence electrons. The largest absolute Gasteiger partial charge is 0.465 e. The molecular formula is C18H13ClN2O5S. The Kier molecular flexibility index (Phi) is 6.10. The summed E-state index contributed by atoms with van der Waals surface area (Å²) in [5.74, 6) is -0.309. The van der Waals surface area contributed by atoms with E-state index in [1.54, 1.807) is 24.3 Å². The minimum Gasteiger partial charge on any atom is -0.465 e. The normalized spacial score (nSPS) is 10.4. The molecule has 0 bridgehead atoms. The van der Waals surface area contributed by atoms with Crippen LogP contribution in [0.4, 0.5) is 0 Å². The molecular weight excluding hydrogens is 392 g/mol. The summed E-state index contributed by atoms with van der Waals surface area (Å²) in [7, 11) is 1.30. The van der Waals surface area contributed by atoms with Crippen LogP contribution in [0.15, 0.2) is 58.2 Å². The molecule has 0 amide bonds. The van der Waals surface area contributed by atoms with E-state index < -0.39 is 11.9 Å². The van der Waals surface area contributed by atoms with Crippen LogP contribution in [0.5, 0.6) is 5.75 Å². The number of thioether (sulfide) groups is 1. The Labute approximate surface area is 163 Å². The maximum Gasteiger partial charge on any atom is 0.337 e. The topological polar surface area (TPSA) is 91.5 Å². The smallest absolute Gasteiger partial charge is 0.337 e. The number of halogens is 1. The van der Waals surface area contributed by atoms with Gasteiger partial charge in [-0.25, -0.2) is 4.79 Å². The first kappa shape index (κ1) is 18.9. The van der Waals surface area contributed by atoms with Crippen molar-refractivity contribution in [3.05, 3.63) is 59.1 Å². The highest BCUT2D eigenvalue weighted by Gasteiger charge is 2.13. The third-order valence-electron chi connectivity index (χ3n) is 3.32. The summed E-state index contributed by atoms with van der Waals surface area (Å²) >= 11 is 6.90. The molecule has 0 aliphatic rings. The van der Waals surface area contributed by atoms with Gasteiger partial charge in [-0.15, -0.1) is 10.2 Å². The second-order valence-corrected chi connectivity index (χ2v) is 6.52. The fourth-order valence-corrected chi connectivity index (χ4v) is 2.70. The van der Waals surface area contributed by atoms with Crippen LogP contribution in [0.1, 0.15) is 10.4 Å². The number of esters is 2. The van der Waals surface area contributed by atoms with Crippen LogP contribution in [0.2, 0.25) is 5.02 Å². The quantitative estimate of drug-likeness (QED) is 0.347. The molecule has 0 atom stereocenters. The number of hydrogen-bond acceptors (Lipinski definition) is 8. The Balaban J connectivity index is 1.53. The first-order chi connectivity index (χ1) is 13.0. The first-order valence-corrected chi connectivity index (χ1v) is 9.03. The van der Waals surface area contributed by atoms with Gasteiger partial charge in [-0.2, -0.15) is 0 Å². The molecule has 0 N–H and O–H groups in total. The maximum absolute atomic E-state index is 11.9. The lowest BCUT2D eigenvalue weighted by Crippen LogP contribution is -2.11. The van der Waals surface area contributed by atoms with E-state index in [-0.39, 0.29) is 11.0 Å². The summed E-state index contributed by atoms with van der Waals surface area (Å²) in [6.07, 6.45) is 0. The average molecular weight is 405 g/mol. The summed E-state index contributed by atoms with van der Waals surface area (Å²) in [4.78, 5) is 23.3. The lowest BCUT2D eigenvalue weighted by atomic mass is 10.2. The second-order valence-electron chi connectivity index (χ2n) is 5.16. The number of nitrogens with zero attached hydrogens (tertiary/aromatic N) is 2. The van der Waals surface area contributed by atoms with Gasteiger partial charge in [0.15, 0.2) is 0 Å². The van der Waals surface area contributed by atoms with E-state index >= 15 is 0 Å². The fraction of sp³-hybridized carbons (Fsp3) is 0.111. The highest BCUT2D eigenvalue weighted by molar-refractivity contribution is 7.99. The predicted molar refractivity (Wildman–Crippen MR) is 98.9 cm³/mol. The Morgan fingerprint density at radius 1 is 1.07 bits per heavy atom. The van der Waals surface area contributed by atoms with Crippen LogP contribution in [0, 0.1) is 0 Å². The Morgan fingerprint density at radius 2 is 1.78 bits per heavy atom. The Bertz CT molecular complexity index is 941. The number of methoxy groups -OCH3 is 1. The van der Waals surface area contributed by atoms with Crippen molar-refractivity contribution in [3.8, 4) is 17.2 Å². The SMILES string of the molecule is COC(=O)c1ccc(OC(=O)CSc2nnc(-c3ccc(Cl)cc3)o2)cc1. The highest BCUT2D eigenvalue weighted by Crippen LogP contribution is 2.24. The molecule has 2 aromatic carbocycles. The minimum absolute atomic E-state index is 0.0129. The van der Waals surface area contributed by atoms with Gasteiger partial charge in [0, 0.05) is 10.6 Å². The number of ether oxygens (including phenoxy) is 2. The molecule has 27 heavy (non-hydrogen) atoms. The summed E-state index contributed by atoms with van der Waals surface area (Å²) in [6.45, 7) is 0. The zero-order valence-corrected chi connectivity index (χ0v) is 15.6. The molecule has 7 nitrogen and oxygen atoms in total. The molecule has 1 heterocycles. The molecule has 0 fully saturated rings. The lowest BCUT2D eigenvalue weighted by Gasteiger charge is -2.04. The number of hydrogen-bond donors (Lipinski definition) is 0. The second kappa shape index (κ2) is 8.70. The van der Waals surface area contributed by atoms with Crippen molar-refractivity contribution >= 4 is 35.3 Å². The summed E-state index contributed by atoms with van der Waals surface area (Å²) in [5, 5.41) is 8.68. The third-order valence-corrected chi connectivity index (χ3v) is 4.36. The molecule has 3 rings (SSSR count). The molecule has 0 unspecified atom stereocenters. The number of carbonyl (C=O) groups is 2. The molecule has 3 aromatic rings. The van der Waals surface area contributed by atoms with Crippen molar-refractivity contribution in [2.75, 3.05) is 12.9 Å². The van der Waals surface area contributed by atoms with Crippen molar-refractivity contribution in [1.29, 1.82) is 0 Å². The monoisotopic (exact) mass is 404 g/mol. The van der Waals surface area contributed by atoms with Crippen LogP contribution in [0.25, 0.3) is 11.5 Å². The Morgan fingerprint density at radius 3 is 2.44 bits per heavy atom. The van der Waals surface area contributed by atoms with Gasteiger partial charge < -0.3 is 13.9 Å². The van der Waals surface area contributed by atoms with Crippen LogP contribution >= 0.6 is 23.4 Å². The van der Waals surface area contributed by atoms with Crippen LogP contribution in [-0.2, 0) is 9.53 Å². The summed E-state index contributed by atoms with van der Waals surface area (Å²) < 4.78 is 15.3. The number of benzene rings is 2. The van der Waals surface area contributed by atoms with Gasteiger partial charge >= 0.3 is 11.9 Å². The Hall–Kier alpha value is -2.84. The summed E-state index contributed by atoms with van der Waals surface area (Å²) in [5.41, 5.74) is 1.10. The molecule has 1 aromatic heterocycles. The van der Waals surface area contributed by atoms with Crippen LogP contribution in [0.3, 0.4) is 0 Å². The van der Waals surface area contributed by atoms with E-state index in [0.717, 1.165) is 17.3 Å². The van der Waals surface area contributed by atoms with E-state index in [4.69, 9.17) is 20.8 Å². The zero-order valence-electron chi connectivity index (χ0n) is 14.0. The van der Waals surface area contributed by atoms with Gasteiger partial charge in [0.1, 0.15) is 11.5 Å². The van der Waals surface area contributed by atoms with Gasteiger partial charge in [-0.05, 0) is 48.5 Å². The molecule has 0 aliphatic heterocycles. The summed E-state index contributed by atoms with van der Waals surface area (Å²) in [6, 6.07) is 13.0. The van der Waals surface area contributed by atoms with Crippen molar-refractivity contribution in [2.24, 2.45) is 0 Å². The van der Waals surface area contributed by atoms with Crippen LogP contribution < -0.4 is 4.74 Å². The molecule has 9 heteroatoms. The standard InChI is InChI=1S/C18H13ClN2O5S/c1-24-17(23)12-4-8-14(9-5-12)25-15(22)10-27-18-21-20-16(26-18)11-2-6-13(19)7-3-11/h2-9H,10H2,1H3. The molecule has 0 aliphatic carbocycles. The van der Waals surface area contributed by atoms with Crippen molar-refractivity contribution in [3.63, 3.8) is 0 Å². The van der Waals surface area contributed by atoms with Crippen LogP contribution in [-0.4, -0.2) is 35.0 Å². The minimum atomic E-state index is -0.489.